The van der Waals surface area contributed by atoms with Crippen molar-refractivity contribution in [3.05, 3.63) is 0 Å². The second-order valence-corrected chi connectivity index (χ2v) is 8.91. The van der Waals surface area contributed by atoms with Crippen LogP contribution >= 0.6 is 11.8 Å². The molecule has 1 aliphatic carbocycles. The van der Waals surface area contributed by atoms with Gasteiger partial charge in [0.1, 0.15) is 0 Å². The van der Waals surface area contributed by atoms with Crippen molar-refractivity contribution in [2.75, 3.05) is 18.6 Å². The van der Waals surface area contributed by atoms with Crippen LogP contribution in [0.5, 0.6) is 0 Å². The Morgan fingerprint density at radius 1 is 1.35 bits per heavy atom. The number of hydrogen-bond donors (Lipinski definition) is 1. The minimum Gasteiger partial charge on any atom is -0.313 e. The summed E-state index contributed by atoms with van der Waals surface area (Å²) in [6.45, 7) is 4.10. The average molecular weight is 279 g/mol. The summed E-state index contributed by atoms with van der Waals surface area (Å²) < 4.78 is 23.3. The van der Waals surface area contributed by atoms with Gasteiger partial charge in [-0.15, -0.1) is 0 Å². The highest BCUT2D eigenvalue weighted by atomic mass is 32.2. The smallest absolute Gasteiger partial charge is 0.153 e. The minimum atomic E-state index is -2.89. The molecule has 102 valence electrons. The Balaban J connectivity index is 2.27. The maximum absolute atomic E-state index is 11.6. The van der Waals surface area contributed by atoms with E-state index in [9.17, 15) is 8.42 Å². The number of nitrogens with one attached hydrogen (secondary N) is 1. The maximum atomic E-state index is 11.6. The molecule has 0 heterocycles. The van der Waals surface area contributed by atoms with Crippen LogP contribution in [0.1, 0.15) is 39.5 Å². The van der Waals surface area contributed by atoms with Crippen molar-refractivity contribution in [2.45, 2.75) is 56.1 Å². The summed E-state index contributed by atoms with van der Waals surface area (Å²) in [6, 6.07) is 0.517. The molecule has 2 atom stereocenters. The van der Waals surface area contributed by atoms with Gasteiger partial charge in [-0.3, -0.25) is 0 Å². The molecule has 0 aromatic heterocycles. The molecular formula is C12H25NO2S2. The Hall–Kier alpha value is 0.260. The molecule has 0 amide bonds. The molecule has 1 saturated carbocycles. The van der Waals surface area contributed by atoms with E-state index in [-0.39, 0.29) is 11.0 Å². The van der Waals surface area contributed by atoms with E-state index >= 15 is 0 Å². The van der Waals surface area contributed by atoms with Crippen LogP contribution in [0.3, 0.4) is 0 Å². The summed E-state index contributed by atoms with van der Waals surface area (Å²) in [6.07, 6.45) is 7.11. The van der Waals surface area contributed by atoms with Gasteiger partial charge < -0.3 is 5.32 Å². The van der Waals surface area contributed by atoms with Gasteiger partial charge in [0, 0.05) is 17.8 Å². The van der Waals surface area contributed by atoms with Crippen LogP contribution in [0.2, 0.25) is 0 Å². The molecule has 2 unspecified atom stereocenters. The van der Waals surface area contributed by atoms with E-state index in [4.69, 9.17) is 0 Å². The minimum absolute atomic E-state index is 0.255. The Morgan fingerprint density at radius 3 is 2.65 bits per heavy atom. The van der Waals surface area contributed by atoms with Crippen molar-refractivity contribution in [1.29, 1.82) is 0 Å². The zero-order valence-electron chi connectivity index (χ0n) is 11.1. The van der Waals surface area contributed by atoms with Crippen molar-refractivity contribution in [2.24, 2.45) is 0 Å². The summed E-state index contributed by atoms with van der Waals surface area (Å²) in [4.78, 5) is 0. The third kappa shape index (κ3) is 5.18. The Morgan fingerprint density at radius 2 is 2.06 bits per heavy atom. The molecule has 0 radical (unpaired) electrons. The third-order valence-electron chi connectivity index (χ3n) is 3.50. The number of hydrogen-bond acceptors (Lipinski definition) is 4. The lowest BCUT2D eigenvalue weighted by molar-refractivity contribution is 0.388. The fourth-order valence-corrected chi connectivity index (χ4v) is 3.89. The molecule has 0 aromatic carbocycles. The first kappa shape index (κ1) is 15.3. The second kappa shape index (κ2) is 7.00. The highest BCUT2D eigenvalue weighted by molar-refractivity contribution is 7.99. The first-order valence-corrected chi connectivity index (χ1v) is 9.43. The van der Waals surface area contributed by atoms with Crippen molar-refractivity contribution in [3.63, 3.8) is 0 Å². The summed E-state index contributed by atoms with van der Waals surface area (Å²) in [5.41, 5.74) is 0. The first-order chi connectivity index (χ1) is 7.95. The number of sulfone groups is 1. The Kier molecular flexibility index (Phi) is 6.31. The molecule has 3 nitrogen and oxygen atoms in total. The maximum Gasteiger partial charge on any atom is 0.153 e. The normalized spacial score (nSPS) is 26.4. The molecule has 5 heteroatoms. The average Bonchev–Trinajstić information content (AvgIpc) is 2.29. The fourth-order valence-electron chi connectivity index (χ4n) is 2.19. The van der Waals surface area contributed by atoms with E-state index in [0.717, 1.165) is 5.25 Å². The quantitative estimate of drug-likeness (QED) is 0.808. The van der Waals surface area contributed by atoms with Gasteiger partial charge in [0.05, 0.1) is 11.0 Å². The number of thioether (sulfide) groups is 1. The molecule has 0 bridgehead atoms. The van der Waals surface area contributed by atoms with Crippen LogP contribution in [0.25, 0.3) is 0 Å². The van der Waals surface area contributed by atoms with Crippen molar-refractivity contribution in [3.8, 4) is 0 Å². The second-order valence-electron chi connectivity index (χ2n) is 5.09. The van der Waals surface area contributed by atoms with Gasteiger partial charge in [-0.1, -0.05) is 6.42 Å². The van der Waals surface area contributed by atoms with Crippen LogP contribution in [0.4, 0.5) is 0 Å². The topological polar surface area (TPSA) is 46.2 Å². The summed E-state index contributed by atoms with van der Waals surface area (Å²) in [5, 5.41) is 3.90. The fraction of sp³-hybridized carbons (Fsp3) is 1.00. The first-order valence-electron chi connectivity index (χ1n) is 6.43. The highest BCUT2D eigenvalue weighted by Crippen LogP contribution is 2.26. The monoisotopic (exact) mass is 279 g/mol. The predicted octanol–water partition coefficient (Wildman–Crippen LogP) is 2.07. The summed E-state index contributed by atoms with van der Waals surface area (Å²) >= 11 is 1.94. The van der Waals surface area contributed by atoms with Crippen molar-refractivity contribution in [1.82, 2.24) is 5.32 Å². The molecule has 1 N–H and O–H groups in total. The Bertz CT molecular complexity index is 314. The van der Waals surface area contributed by atoms with Gasteiger partial charge in [-0.05, 0) is 39.4 Å². The zero-order valence-corrected chi connectivity index (χ0v) is 12.7. The van der Waals surface area contributed by atoms with E-state index in [0.29, 0.717) is 12.6 Å². The van der Waals surface area contributed by atoms with Crippen LogP contribution in [-0.2, 0) is 9.84 Å². The van der Waals surface area contributed by atoms with Gasteiger partial charge in [0.2, 0.25) is 0 Å². The lowest BCUT2D eigenvalue weighted by Crippen LogP contribution is -2.38. The molecule has 1 aliphatic rings. The zero-order chi connectivity index (χ0) is 12.9. The molecular weight excluding hydrogens is 254 g/mol. The molecule has 1 fully saturated rings. The van der Waals surface area contributed by atoms with E-state index in [1.807, 2.05) is 11.8 Å². The van der Waals surface area contributed by atoms with Crippen LogP contribution in [0, 0.1) is 0 Å². The highest BCUT2D eigenvalue weighted by Gasteiger charge is 2.22. The molecule has 0 aromatic rings. The van der Waals surface area contributed by atoms with Gasteiger partial charge >= 0.3 is 0 Å². The largest absolute Gasteiger partial charge is 0.313 e. The molecule has 1 rings (SSSR count). The van der Waals surface area contributed by atoms with E-state index in [1.54, 1.807) is 13.8 Å². The van der Waals surface area contributed by atoms with E-state index in [1.165, 1.54) is 25.7 Å². The van der Waals surface area contributed by atoms with E-state index in [2.05, 4.69) is 11.6 Å². The molecule has 17 heavy (non-hydrogen) atoms. The third-order valence-corrected chi connectivity index (χ3v) is 6.80. The van der Waals surface area contributed by atoms with E-state index < -0.39 is 9.84 Å². The number of rotatable bonds is 6. The lowest BCUT2D eigenvalue weighted by Gasteiger charge is -2.28. The summed E-state index contributed by atoms with van der Waals surface area (Å²) in [7, 11) is -2.89. The van der Waals surface area contributed by atoms with Gasteiger partial charge in [-0.2, -0.15) is 11.8 Å². The predicted molar refractivity (Wildman–Crippen MR) is 76.5 cm³/mol. The molecule has 0 spiro atoms. The van der Waals surface area contributed by atoms with Crippen LogP contribution < -0.4 is 5.32 Å². The van der Waals surface area contributed by atoms with Gasteiger partial charge in [-0.25, -0.2) is 8.42 Å². The summed E-state index contributed by atoms with van der Waals surface area (Å²) in [5.74, 6) is 0.269. The van der Waals surface area contributed by atoms with Gasteiger partial charge in [0.25, 0.3) is 0 Å². The SMILES string of the molecule is CSC1CCCC(NCCS(=O)(=O)C(C)C)C1. The lowest BCUT2D eigenvalue weighted by atomic mass is 9.95. The van der Waals surface area contributed by atoms with Gasteiger partial charge in [0.15, 0.2) is 9.84 Å². The molecule has 0 aliphatic heterocycles. The van der Waals surface area contributed by atoms with Crippen LogP contribution in [-0.4, -0.2) is 43.5 Å². The molecule has 0 saturated heterocycles. The Labute approximate surface area is 110 Å². The van der Waals surface area contributed by atoms with Crippen LogP contribution in [0.15, 0.2) is 0 Å². The van der Waals surface area contributed by atoms with Crippen molar-refractivity contribution >= 4 is 21.6 Å². The van der Waals surface area contributed by atoms with Crippen molar-refractivity contribution < 1.29 is 8.42 Å². The standard InChI is InChI=1S/C12H25NO2S2/c1-10(2)17(14,15)8-7-13-11-5-4-6-12(9-11)16-3/h10-13H,4-9H2,1-3H3.